The van der Waals surface area contributed by atoms with Crippen molar-refractivity contribution in [2.24, 2.45) is 0 Å². The van der Waals surface area contributed by atoms with Crippen LogP contribution in [0.5, 0.6) is 0 Å². The monoisotopic (exact) mass is 227 g/mol. The molecular weight excluding hydrogens is 210 g/mol. The van der Waals surface area contributed by atoms with E-state index in [0.717, 1.165) is 30.9 Å². The number of carboxylic acid groups (broad SMARTS) is 1. The van der Waals surface area contributed by atoms with E-state index in [0.29, 0.717) is 4.88 Å². The van der Waals surface area contributed by atoms with Gasteiger partial charge in [0.2, 0.25) is 0 Å². The first-order valence-corrected chi connectivity index (χ1v) is 6.08. The highest BCUT2D eigenvalue weighted by Gasteiger charge is 2.11. The first-order valence-electron chi connectivity index (χ1n) is 5.27. The number of carbonyl (C=O) groups is 1. The van der Waals surface area contributed by atoms with Gasteiger partial charge in [-0.3, -0.25) is 0 Å². The van der Waals surface area contributed by atoms with Crippen LogP contribution in [0.15, 0.2) is 12.1 Å². The third-order valence-corrected chi connectivity index (χ3v) is 3.24. The van der Waals surface area contributed by atoms with Gasteiger partial charge >= 0.3 is 5.97 Å². The normalized spacial score (nSPS) is 10.3. The van der Waals surface area contributed by atoms with Crippen molar-refractivity contribution < 1.29 is 9.90 Å². The molecule has 0 saturated carbocycles. The Hall–Kier alpha value is -1.03. The molecule has 1 aromatic heterocycles. The van der Waals surface area contributed by atoms with Crippen molar-refractivity contribution in [2.75, 3.05) is 18.0 Å². The van der Waals surface area contributed by atoms with Gasteiger partial charge in [-0.2, -0.15) is 0 Å². The zero-order valence-corrected chi connectivity index (χ0v) is 10.0. The van der Waals surface area contributed by atoms with Gasteiger partial charge in [0.25, 0.3) is 0 Å². The molecule has 0 amide bonds. The molecule has 1 rings (SSSR count). The van der Waals surface area contributed by atoms with Crippen LogP contribution in [0.1, 0.15) is 36.4 Å². The second-order valence-corrected chi connectivity index (χ2v) is 4.49. The topological polar surface area (TPSA) is 40.5 Å². The van der Waals surface area contributed by atoms with Crippen molar-refractivity contribution in [2.45, 2.75) is 26.7 Å². The van der Waals surface area contributed by atoms with Crippen molar-refractivity contribution in [3.63, 3.8) is 0 Å². The Morgan fingerprint density at radius 3 is 2.33 bits per heavy atom. The predicted molar refractivity (Wildman–Crippen MR) is 64.1 cm³/mol. The molecule has 0 aromatic carbocycles. The van der Waals surface area contributed by atoms with E-state index >= 15 is 0 Å². The largest absolute Gasteiger partial charge is 0.477 e. The maximum Gasteiger partial charge on any atom is 0.345 e. The van der Waals surface area contributed by atoms with Crippen LogP contribution in [0.2, 0.25) is 0 Å². The lowest BCUT2D eigenvalue weighted by Crippen LogP contribution is -2.23. The molecule has 0 bridgehead atoms. The maximum atomic E-state index is 10.7. The molecule has 3 nitrogen and oxygen atoms in total. The molecule has 0 fully saturated rings. The molecule has 0 unspecified atom stereocenters. The quantitative estimate of drug-likeness (QED) is 0.812. The van der Waals surface area contributed by atoms with Crippen LogP contribution in [-0.4, -0.2) is 24.2 Å². The van der Waals surface area contributed by atoms with E-state index in [2.05, 4.69) is 18.7 Å². The van der Waals surface area contributed by atoms with Crippen LogP contribution in [0.25, 0.3) is 0 Å². The molecule has 0 aliphatic carbocycles. The van der Waals surface area contributed by atoms with Gasteiger partial charge < -0.3 is 10.0 Å². The van der Waals surface area contributed by atoms with E-state index in [1.165, 1.54) is 11.3 Å². The number of rotatable bonds is 6. The molecule has 1 aromatic rings. The van der Waals surface area contributed by atoms with Gasteiger partial charge in [-0.15, -0.1) is 11.3 Å². The number of nitrogens with zero attached hydrogens (tertiary/aromatic N) is 1. The summed E-state index contributed by atoms with van der Waals surface area (Å²) < 4.78 is 0. The minimum absolute atomic E-state index is 0.419. The molecule has 0 spiro atoms. The molecule has 0 aliphatic heterocycles. The van der Waals surface area contributed by atoms with Crippen molar-refractivity contribution in [1.29, 1.82) is 0 Å². The number of aromatic carboxylic acids is 1. The second-order valence-electron chi connectivity index (χ2n) is 3.43. The maximum absolute atomic E-state index is 10.7. The SMILES string of the molecule is CCCN(CCC)c1ccc(C(=O)O)s1. The van der Waals surface area contributed by atoms with E-state index in [-0.39, 0.29) is 0 Å². The van der Waals surface area contributed by atoms with E-state index in [1.807, 2.05) is 6.07 Å². The molecule has 1 heterocycles. The van der Waals surface area contributed by atoms with Gasteiger partial charge in [-0.1, -0.05) is 13.8 Å². The highest BCUT2D eigenvalue weighted by Crippen LogP contribution is 2.26. The number of hydrogen-bond acceptors (Lipinski definition) is 3. The molecular formula is C11H17NO2S. The van der Waals surface area contributed by atoms with Gasteiger partial charge in [0, 0.05) is 13.1 Å². The number of thiophene rings is 1. The summed E-state index contributed by atoms with van der Waals surface area (Å²) in [5.74, 6) is -0.834. The lowest BCUT2D eigenvalue weighted by atomic mass is 10.3. The average molecular weight is 227 g/mol. The lowest BCUT2D eigenvalue weighted by Gasteiger charge is -2.21. The van der Waals surface area contributed by atoms with Gasteiger partial charge in [-0.25, -0.2) is 4.79 Å². The summed E-state index contributed by atoms with van der Waals surface area (Å²) in [6, 6.07) is 3.58. The van der Waals surface area contributed by atoms with Gasteiger partial charge in [0.15, 0.2) is 0 Å². The molecule has 84 valence electrons. The first-order chi connectivity index (χ1) is 7.19. The summed E-state index contributed by atoms with van der Waals surface area (Å²) >= 11 is 1.36. The summed E-state index contributed by atoms with van der Waals surface area (Å²) in [6.45, 7) is 6.25. The van der Waals surface area contributed by atoms with Crippen molar-refractivity contribution >= 4 is 22.3 Å². The number of anilines is 1. The highest BCUT2D eigenvalue weighted by atomic mass is 32.1. The summed E-state index contributed by atoms with van der Waals surface area (Å²) in [6.07, 6.45) is 2.17. The Bertz CT molecular complexity index is 316. The Kier molecular flexibility index (Phi) is 4.62. The zero-order chi connectivity index (χ0) is 11.3. The van der Waals surface area contributed by atoms with E-state index in [9.17, 15) is 4.79 Å². The second kappa shape index (κ2) is 5.75. The first kappa shape index (κ1) is 12.0. The zero-order valence-electron chi connectivity index (χ0n) is 9.19. The van der Waals surface area contributed by atoms with E-state index < -0.39 is 5.97 Å². The standard InChI is InChI=1S/C11H17NO2S/c1-3-7-12(8-4-2)10-6-5-9(15-10)11(13)14/h5-6H,3-4,7-8H2,1-2H3,(H,13,14). The third kappa shape index (κ3) is 3.23. The van der Waals surface area contributed by atoms with Crippen molar-refractivity contribution in [3.05, 3.63) is 17.0 Å². The minimum Gasteiger partial charge on any atom is -0.477 e. The Labute approximate surface area is 94.3 Å². The van der Waals surface area contributed by atoms with Crippen LogP contribution < -0.4 is 4.90 Å². The van der Waals surface area contributed by atoms with Crippen LogP contribution in [-0.2, 0) is 0 Å². The highest BCUT2D eigenvalue weighted by molar-refractivity contribution is 7.17. The van der Waals surface area contributed by atoms with E-state index in [4.69, 9.17) is 5.11 Å². The fourth-order valence-electron chi connectivity index (χ4n) is 1.48. The fraction of sp³-hybridized carbons (Fsp3) is 0.545. The smallest absolute Gasteiger partial charge is 0.345 e. The summed E-state index contributed by atoms with van der Waals surface area (Å²) in [5, 5.41) is 9.90. The molecule has 0 aliphatic rings. The van der Waals surface area contributed by atoms with Crippen LogP contribution in [0, 0.1) is 0 Å². The van der Waals surface area contributed by atoms with Gasteiger partial charge in [0.05, 0.1) is 5.00 Å². The van der Waals surface area contributed by atoms with E-state index in [1.54, 1.807) is 6.07 Å². The molecule has 4 heteroatoms. The molecule has 0 atom stereocenters. The fourth-order valence-corrected chi connectivity index (χ4v) is 2.38. The molecule has 1 N–H and O–H groups in total. The molecule has 15 heavy (non-hydrogen) atoms. The van der Waals surface area contributed by atoms with Crippen LogP contribution in [0.3, 0.4) is 0 Å². The Morgan fingerprint density at radius 1 is 1.33 bits per heavy atom. The molecule has 0 radical (unpaired) electrons. The Balaban J connectivity index is 2.76. The Morgan fingerprint density at radius 2 is 1.93 bits per heavy atom. The summed E-state index contributed by atoms with van der Waals surface area (Å²) in [4.78, 5) is 13.4. The predicted octanol–water partition coefficient (Wildman–Crippen LogP) is 3.07. The third-order valence-electron chi connectivity index (χ3n) is 2.10. The van der Waals surface area contributed by atoms with Gasteiger partial charge in [-0.05, 0) is 25.0 Å². The van der Waals surface area contributed by atoms with Crippen LogP contribution in [0.4, 0.5) is 5.00 Å². The van der Waals surface area contributed by atoms with Crippen LogP contribution >= 0.6 is 11.3 Å². The van der Waals surface area contributed by atoms with Crippen molar-refractivity contribution in [3.8, 4) is 0 Å². The summed E-state index contributed by atoms with van der Waals surface area (Å²) in [5.41, 5.74) is 0. The van der Waals surface area contributed by atoms with Crippen molar-refractivity contribution in [1.82, 2.24) is 0 Å². The average Bonchev–Trinajstić information content (AvgIpc) is 2.66. The number of hydrogen-bond donors (Lipinski definition) is 1. The summed E-state index contributed by atoms with van der Waals surface area (Å²) in [7, 11) is 0. The minimum atomic E-state index is -0.834. The van der Waals surface area contributed by atoms with Gasteiger partial charge in [0.1, 0.15) is 4.88 Å². The lowest BCUT2D eigenvalue weighted by molar-refractivity contribution is 0.0702. The molecule has 0 saturated heterocycles. The number of carboxylic acids is 1.